The predicted octanol–water partition coefficient (Wildman–Crippen LogP) is 5.89. The molecule has 39 heavy (non-hydrogen) atoms. The van der Waals surface area contributed by atoms with Crippen LogP contribution in [-0.2, 0) is 16.1 Å². The van der Waals surface area contributed by atoms with E-state index in [0.717, 1.165) is 11.3 Å². The van der Waals surface area contributed by atoms with Gasteiger partial charge in [0.1, 0.15) is 12.3 Å². The molecule has 5 rings (SSSR count). The smallest absolute Gasteiger partial charge is 0.325 e. The van der Waals surface area contributed by atoms with Gasteiger partial charge in [-0.25, -0.2) is 4.79 Å². The van der Waals surface area contributed by atoms with Gasteiger partial charge < -0.3 is 19.7 Å². The number of nitrogens with one attached hydrogen (secondary N) is 2. The Bertz CT molecular complexity index is 1820. The topological polar surface area (TPSA) is 135 Å². The van der Waals surface area contributed by atoms with Crippen LogP contribution in [0.1, 0.15) is 6.92 Å². The molecule has 2 heterocycles. The number of esters is 1. The summed E-state index contributed by atoms with van der Waals surface area (Å²) >= 11 is 13.0. The molecule has 3 N–H and O–H groups in total. The lowest BCUT2D eigenvalue weighted by Gasteiger charge is -2.15. The van der Waals surface area contributed by atoms with Crippen molar-refractivity contribution in [3.8, 4) is 16.3 Å². The molecule has 0 saturated carbocycles. The van der Waals surface area contributed by atoms with Crippen molar-refractivity contribution in [2.75, 3.05) is 17.2 Å². The minimum Gasteiger partial charge on any atom is -0.506 e. The molecule has 0 atom stereocenters. The van der Waals surface area contributed by atoms with Gasteiger partial charge >= 0.3 is 12.0 Å². The standard InChI is InChI=1S/C26H19Cl2N5O5S/c1-2-38-21(34)12-33-19-6-4-3-5-15(19)22(35)16-8-7-14(11-20(16)33)29-25(37)30-26-32-31-24(39-26)17-9-13(27)10-18(28)23(17)36/h3-11,36H,2,12H2,1H3,(H2,29,30,32,37). The van der Waals surface area contributed by atoms with Crippen LogP contribution in [0.2, 0.25) is 10.0 Å². The second kappa shape index (κ2) is 10.9. The molecule has 5 aromatic rings. The van der Waals surface area contributed by atoms with Crippen LogP contribution in [0.25, 0.3) is 32.4 Å². The molecule has 0 fully saturated rings. The maximum absolute atomic E-state index is 13.1. The number of para-hydroxylation sites is 1. The molecule has 0 aliphatic rings. The number of phenols is 1. The number of aromatic nitrogens is 3. The van der Waals surface area contributed by atoms with Crippen molar-refractivity contribution in [1.82, 2.24) is 14.8 Å². The Hall–Kier alpha value is -4.19. The molecular weight excluding hydrogens is 565 g/mol. The summed E-state index contributed by atoms with van der Waals surface area (Å²) in [4.78, 5) is 38.3. The Kier molecular flexibility index (Phi) is 7.38. The summed E-state index contributed by atoms with van der Waals surface area (Å²) in [6.45, 7) is 1.82. The van der Waals surface area contributed by atoms with E-state index in [1.54, 1.807) is 54.0 Å². The number of phenolic OH excluding ortho intramolecular Hbond substituents is 1. The van der Waals surface area contributed by atoms with E-state index in [0.29, 0.717) is 37.5 Å². The predicted molar refractivity (Wildman–Crippen MR) is 152 cm³/mol. The van der Waals surface area contributed by atoms with Crippen LogP contribution in [-0.4, -0.2) is 38.5 Å². The van der Waals surface area contributed by atoms with Crippen LogP contribution in [0.4, 0.5) is 15.6 Å². The van der Waals surface area contributed by atoms with E-state index in [1.165, 1.54) is 12.1 Å². The number of anilines is 2. The summed E-state index contributed by atoms with van der Waals surface area (Å²) in [5.74, 6) is -0.659. The van der Waals surface area contributed by atoms with Crippen LogP contribution >= 0.6 is 34.5 Å². The SMILES string of the molecule is CCOC(=O)Cn1c2ccccc2c(=O)c2ccc(NC(=O)Nc3nnc(-c4cc(Cl)cc(Cl)c4O)s3)cc21. The van der Waals surface area contributed by atoms with Crippen molar-refractivity contribution >= 4 is 79.2 Å². The highest BCUT2D eigenvalue weighted by atomic mass is 35.5. The molecule has 2 aromatic heterocycles. The molecule has 0 unspecified atom stereocenters. The Labute approximate surface area is 234 Å². The highest BCUT2D eigenvalue weighted by Gasteiger charge is 2.17. The number of rotatable bonds is 6. The fraction of sp³-hybridized carbons (Fsp3) is 0.115. The lowest BCUT2D eigenvalue weighted by molar-refractivity contribution is -0.143. The molecular formula is C26H19Cl2N5O5S. The number of hydrogen-bond donors (Lipinski definition) is 3. The first-order valence-corrected chi connectivity index (χ1v) is 13.1. The van der Waals surface area contributed by atoms with Gasteiger partial charge in [-0.2, -0.15) is 0 Å². The van der Waals surface area contributed by atoms with Crippen molar-refractivity contribution < 1.29 is 19.4 Å². The Morgan fingerprint density at radius 1 is 1.03 bits per heavy atom. The lowest BCUT2D eigenvalue weighted by Crippen LogP contribution is -2.20. The van der Waals surface area contributed by atoms with Crippen LogP contribution < -0.4 is 16.1 Å². The minimum atomic E-state index is -0.620. The first-order chi connectivity index (χ1) is 18.7. The second-order valence-electron chi connectivity index (χ2n) is 8.24. The summed E-state index contributed by atoms with van der Waals surface area (Å²) in [6, 6.07) is 14.0. The largest absolute Gasteiger partial charge is 0.506 e. The van der Waals surface area contributed by atoms with Gasteiger partial charge in [-0.1, -0.05) is 46.7 Å². The van der Waals surface area contributed by atoms with Crippen molar-refractivity contribution in [1.29, 1.82) is 0 Å². The van der Waals surface area contributed by atoms with Crippen molar-refractivity contribution in [2.24, 2.45) is 0 Å². The molecule has 0 aliphatic carbocycles. The van der Waals surface area contributed by atoms with Gasteiger partial charge in [-0.05, 0) is 49.4 Å². The van der Waals surface area contributed by atoms with Crippen molar-refractivity contribution in [2.45, 2.75) is 13.5 Å². The molecule has 0 aliphatic heterocycles. The zero-order chi connectivity index (χ0) is 27.7. The zero-order valence-electron chi connectivity index (χ0n) is 20.2. The molecule has 2 amide bonds. The van der Waals surface area contributed by atoms with Gasteiger partial charge in [0.15, 0.2) is 10.4 Å². The maximum atomic E-state index is 13.1. The van der Waals surface area contributed by atoms with Gasteiger partial charge in [0.2, 0.25) is 5.13 Å². The van der Waals surface area contributed by atoms with Gasteiger partial charge in [0.25, 0.3) is 0 Å². The lowest BCUT2D eigenvalue weighted by atomic mass is 10.1. The maximum Gasteiger partial charge on any atom is 0.325 e. The molecule has 0 spiro atoms. The first-order valence-electron chi connectivity index (χ1n) is 11.6. The van der Waals surface area contributed by atoms with E-state index in [-0.39, 0.29) is 40.0 Å². The Balaban J connectivity index is 1.43. The number of halogens is 2. The van der Waals surface area contributed by atoms with Crippen molar-refractivity contribution in [3.63, 3.8) is 0 Å². The molecule has 3 aromatic carbocycles. The number of ether oxygens (including phenoxy) is 1. The monoisotopic (exact) mass is 583 g/mol. The molecule has 0 saturated heterocycles. The molecule has 13 heteroatoms. The summed E-state index contributed by atoms with van der Waals surface area (Å²) in [6.07, 6.45) is 0. The zero-order valence-corrected chi connectivity index (χ0v) is 22.5. The quantitative estimate of drug-likeness (QED) is 0.167. The van der Waals surface area contributed by atoms with E-state index in [4.69, 9.17) is 27.9 Å². The third kappa shape index (κ3) is 5.37. The highest BCUT2D eigenvalue weighted by molar-refractivity contribution is 7.18. The summed E-state index contributed by atoms with van der Waals surface area (Å²) in [5.41, 5.74) is 1.48. The van der Waals surface area contributed by atoms with Gasteiger partial charge in [0.05, 0.1) is 28.2 Å². The van der Waals surface area contributed by atoms with Gasteiger partial charge in [-0.15, -0.1) is 10.2 Å². The minimum absolute atomic E-state index is 0.0606. The van der Waals surface area contributed by atoms with Crippen LogP contribution in [0.15, 0.2) is 59.4 Å². The summed E-state index contributed by atoms with van der Waals surface area (Å²) in [5, 5.41) is 25.1. The number of carbonyl (C=O) groups is 2. The average molecular weight is 584 g/mol. The van der Waals surface area contributed by atoms with E-state index < -0.39 is 12.0 Å². The number of pyridine rings is 1. The third-order valence-electron chi connectivity index (χ3n) is 5.73. The fourth-order valence-electron chi connectivity index (χ4n) is 4.08. The third-order valence-corrected chi connectivity index (χ3v) is 7.11. The number of nitrogens with zero attached hydrogens (tertiary/aromatic N) is 3. The number of benzene rings is 3. The normalized spacial score (nSPS) is 11.1. The molecule has 198 valence electrons. The van der Waals surface area contributed by atoms with Crippen LogP contribution in [0.5, 0.6) is 5.75 Å². The number of carbonyl (C=O) groups excluding carboxylic acids is 2. The number of urea groups is 1. The van der Waals surface area contributed by atoms with Gasteiger partial charge in [-0.3, -0.25) is 14.9 Å². The van der Waals surface area contributed by atoms with E-state index >= 15 is 0 Å². The number of fused-ring (bicyclic) bond motifs is 2. The second-order valence-corrected chi connectivity index (χ2v) is 10.1. The first kappa shape index (κ1) is 26.4. The fourth-order valence-corrected chi connectivity index (χ4v) is 5.33. The van der Waals surface area contributed by atoms with Crippen molar-refractivity contribution in [3.05, 3.63) is 74.9 Å². The van der Waals surface area contributed by atoms with Crippen LogP contribution in [0.3, 0.4) is 0 Å². The molecule has 0 radical (unpaired) electrons. The Morgan fingerprint density at radius 3 is 2.59 bits per heavy atom. The highest BCUT2D eigenvalue weighted by Crippen LogP contribution is 2.39. The number of aromatic hydroxyl groups is 1. The Morgan fingerprint density at radius 2 is 1.79 bits per heavy atom. The molecule has 10 nitrogen and oxygen atoms in total. The van der Waals surface area contributed by atoms with E-state index in [9.17, 15) is 19.5 Å². The number of hydrogen-bond acceptors (Lipinski definition) is 8. The van der Waals surface area contributed by atoms with Crippen LogP contribution in [0, 0.1) is 0 Å². The average Bonchev–Trinajstić information content (AvgIpc) is 3.36. The number of amides is 2. The summed E-state index contributed by atoms with van der Waals surface area (Å²) < 4.78 is 6.82. The van der Waals surface area contributed by atoms with Gasteiger partial charge in [0, 0.05) is 21.5 Å². The molecule has 0 bridgehead atoms. The van der Waals surface area contributed by atoms with E-state index in [2.05, 4.69) is 20.8 Å². The summed E-state index contributed by atoms with van der Waals surface area (Å²) in [7, 11) is 0. The van der Waals surface area contributed by atoms with E-state index in [1.807, 2.05) is 0 Å².